The van der Waals surface area contributed by atoms with Crippen LogP contribution >= 0.6 is 0 Å². The van der Waals surface area contributed by atoms with Crippen LogP contribution < -0.4 is 0 Å². The van der Waals surface area contributed by atoms with E-state index >= 15 is 0 Å². The lowest BCUT2D eigenvalue weighted by molar-refractivity contribution is -0.132. The van der Waals surface area contributed by atoms with Gasteiger partial charge in [-0.1, -0.05) is 37.3 Å². The van der Waals surface area contributed by atoms with Crippen molar-refractivity contribution >= 4 is 11.9 Å². The zero-order valence-corrected chi connectivity index (χ0v) is 13.3. The first-order chi connectivity index (χ1) is 11.0. The van der Waals surface area contributed by atoms with Crippen LogP contribution in [0.5, 0.6) is 0 Å². The smallest absolute Gasteiger partial charge is 0.410 e. The number of amides is 1. The van der Waals surface area contributed by atoms with E-state index in [0.29, 0.717) is 32.4 Å². The summed E-state index contributed by atoms with van der Waals surface area (Å²) >= 11 is 0. The van der Waals surface area contributed by atoms with Gasteiger partial charge in [-0.25, -0.2) is 9.18 Å². The van der Waals surface area contributed by atoms with E-state index in [1.165, 1.54) is 0 Å². The maximum absolute atomic E-state index is 13.8. The molecule has 1 aliphatic heterocycles. The molecule has 1 amide bonds. The Morgan fingerprint density at radius 3 is 2.52 bits per heavy atom. The Morgan fingerprint density at radius 2 is 1.96 bits per heavy atom. The van der Waals surface area contributed by atoms with Gasteiger partial charge in [-0.15, -0.1) is 0 Å². The van der Waals surface area contributed by atoms with Gasteiger partial charge in [0.05, 0.1) is 0 Å². The third-order valence-corrected chi connectivity index (χ3v) is 5.17. The van der Waals surface area contributed by atoms with Crippen LogP contribution in [-0.4, -0.2) is 36.0 Å². The van der Waals surface area contributed by atoms with Crippen molar-refractivity contribution in [2.75, 3.05) is 13.1 Å². The third-order valence-electron chi connectivity index (χ3n) is 5.17. The molecule has 0 N–H and O–H groups in total. The Morgan fingerprint density at radius 1 is 1.30 bits per heavy atom. The van der Waals surface area contributed by atoms with Gasteiger partial charge in [0.2, 0.25) is 0 Å². The van der Waals surface area contributed by atoms with Gasteiger partial charge in [0.1, 0.15) is 6.61 Å². The normalized spacial score (nSPS) is 26.5. The molecule has 2 fully saturated rings. The number of carbonyl (C=O) groups is 2. The average Bonchev–Trinajstić information content (AvgIpc) is 2.78. The molecular weight excluding hydrogens is 297 g/mol. The Balaban J connectivity index is 1.53. The zero-order chi connectivity index (χ0) is 16.4. The summed E-state index contributed by atoms with van der Waals surface area (Å²) in [6, 6.07) is 9.51. The SMILES string of the molecule is CC1CC2(CCN(C(=O)OCc3ccccc3)CC2)C(=O)C1F. The van der Waals surface area contributed by atoms with Crippen molar-refractivity contribution in [2.45, 2.75) is 39.0 Å². The van der Waals surface area contributed by atoms with Crippen molar-refractivity contribution in [1.82, 2.24) is 4.90 Å². The molecule has 2 unspecified atom stereocenters. The molecule has 4 nitrogen and oxygen atoms in total. The fourth-order valence-corrected chi connectivity index (χ4v) is 3.75. The van der Waals surface area contributed by atoms with E-state index in [2.05, 4.69) is 0 Å². The van der Waals surface area contributed by atoms with Crippen molar-refractivity contribution in [1.29, 1.82) is 0 Å². The minimum Gasteiger partial charge on any atom is -0.445 e. The van der Waals surface area contributed by atoms with Gasteiger partial charge in [-0.3, -0.25) is 4.79 Å². The molecule has 0 bridgehead atoms. The summed E-state index contributed by atoms with van der Waals surface area (Å²) in [6.45, 7) is 2.94. The van der Waals surface area contributed by atoms with Gasteiger partial charge < -0.3 is 9.64 Å². The fraction of sp³-hybridized carbons (Fsp3) is 0.556. The number of ketones is 1. The number of ether oxygens (including phenoxy) is 1. The maximum Gasteiger partial charge on any atom is 0.410 e. The number of likely N-dealkylation sites (tertiary alicyclic amines) is 1. The van der Waals surface area contributed by atoms with E-state index in [0.717, 1.165) is 5.56 Å². The lowest BCUT2D eigenvalue weighted by atomic mass is 9.76. The van der Waals surface area contributed by atoms with Gasteiger partial charge in [0.25, 0.3) is 0 Å². The van der Waals surface area contributed by atoms with E-state index in [-0.39, 0.29) is 24.4 Å². The largest absolute Gasteiger partial charge is 0.445 e. The molecule has 1 heterocycles. The second-order valence-electron chi connectivity index (χ2n) is 6.75. The van der Waals surface area contributed by atoms with Gasteiger partial charge >= 0.3 is 6.09 Å². The van der Waals surface area contributed by atoms with Crippen LogP contribution in [0.15, 0.2) is 30.3 Å². The van der Waals surface area contributed by atoms with Crippen molar-refractivity contribution in [3.63, 3.8) is 0 Å². The quantitative estimate of drug-likeness (QED) is 0.840. The average molecular weight is 319 g/mol. The monoisotopic (exact) mass is 319 g/mol. The standard InChI is InChI=1S/C18H22FNO3/c1-13-11-18(16(21)15(13)19)7-9-20(10-8-18)17(22)23-12-14-5-3-2-4-6-14/h2-6,13,15H,7-12H2,1H3. The van der Waals surface area contributed by atoms with Crippen LogP contribution in [0.1, 0.15) is 31.7 Å². The molecular formula is C18H22FNO3. The lowest BCUT2D eigenvalue weighted by Gasteiger charge is -2.37. The summed E-state index contributed by atoms with van der Waals surface area (Å²) in [7, 11) is 0. The number of hydrogen-bond acceptors (Lipinski definition) is 3. The molecule has 0 aromatic heterocycles. The predicted molar refractivity (Wildman–Crippen MR) is 83.6 cm³/mol. The van der Waals surface area contributed by atoms with Gasteiger partial charge in [-0.05, 0) is 30.7 Å². The molecule has 1 saturated carbocycles. The Kier molecular flexibility index (Phi) is 4.37. The summed E-state index contributed by atoms with van der Waals surface area (Å²) in [6.07, 6.45) is -0.0286. The second kappa shape index (κ2) is 6.30. The number of halogens is 1. The highest BCUT2D eigenvalue weighted by molar-refractivity contribution is 5.91. The maximum atomic E-state index is 13.8. The van der Waals surface area contributed by atoms with E-state index < -0.39 is 11.6 Å². The molecule has 23 heavy (non-hydrogen) atoms. The number of hydrogen-bond donors (Lipinski definition) is 0. The van der Waals surface area contributed by atoms with Gasteiger partial charge in [0, 0.05) is 18.5 Å². The minimum absolute atomic E-state index is 0.209. The van der Waals surface area contributed by atoms with Crippen LogP contribution in [0, 0.1) is 11.3 Å². The number of alkyl halides is 1. The third kappa shape index (κ3) is 3.09. The van der Waals surface area contributed by atoms with Crippen LogP contribution in [0.2, 0.25) is 0 Å². The summed E-state index contributed by atoms with van der Waals surface area (Å²) in [4.78, 5) is 25.9. The Labute approximate surface area is 135 Å². The molecule has 1 saturated heterocycles. The molecule has 1 spiro atoms. The van der Waals surface area contributed by atoms with Gasteiger partial charge in [-0.2, -0.15) is 0 Å². The Hall–Kier alpha value is -1.91. The molecule has 2 aliphatic rings. The molecule has 1 aliphatic carbocycles. The highest BCUT2D eigenvalue weighted by atomic mass is 19.1. The zero-order valence-electron chi connectivity index (χ0n) is 13.3. The molecule has 2 atom stereocenters. The summed E-state index contributed by atoms with van der Waals surface area (Å²) < 4.78 is 19.2. The molecule has 1 aromatic carbocycles. The van der Waals surface area contributed by atoms with Crippen molar-refractivity contribution in [3.8, 4) is 0 Å². The summed E-state index contributed by atoms with van der Waals surface area (Å²) in [5.41, 5.74) is 0.379. The number of piperidine rings is 1. The van der Waals surface area contributed by atoms with E-state index in [1.54, 1.807) is 11.8 Å². The number of rotatable bonds is 2. The number of nitrogens with zero attached hydrogens (tertiary/aromatic N) is 1. The van der Waals surface area contributed by atoms with Crippen molar-refractivity contribution < 1.29 is 18.7 Å². The topological polar surface area (TPSA) is 46.6 Å². The molecule has 1 aromatic rings. The molecule has 5 heteroatoms. The molecule has 0 radical (unpaired) electrons. The lowest BCUT2D eigenvalue weighted by Crippen LogP contribution is -2.45. The molecule has 3 rings (SSSR count). The second-order valence-corrected chi connectivity index (χ2v) is 6.75. The van der Waals surface area contributed by atoms with Crippen molar-refractivity contribution in [2.24, 2.45) is 11.3 Å². The predicted octanol–water partition coefficient (Wildman–Crippen LogP) is 3.35. The number of benzene rings is 1. The van der Waals surface area contributed by atoms with Crippen LogP contribution in [-0.2, 0) is 16.1 Å². The number of carbonyl (C=O) groups excluding carboxylic acids is 2. The Bertz CT molecular complexity index is 581. The van der Waals surface area contributed by atoms with Crippen LogP contribution in [0.25, 0.3) is 0 Å². The summed E-state index contributed by atoms with van der Waals surface area (Å²) in [5.74, 6) is -0.471. The summed E-state index contributed by atoms with van der Waals surface area (Å²) in [5, 5.41) is 0. The van der Waals surface area contributed by atoms with Crippen LogP contribution in [0.4, 0.5) is 9.18 Å². The highest BCUT2D eigenvalue weighted by Gasteiger charge is 2.53. The molecule has 124 valence electrons. The van der Waals surface area contributed by atoms with E-state index in [9.17, 15) is 14.0 Å². The first-order valence-electron chi connectivity index (χ1n) is 8.16. The first-order valence-corrected chi connectivity index (χ1v) is 8.16. The van der Waals surface area contributed by atoms with E-state index in [4.69, 9.17) is 4.74 Å². The minimum atomic E-state index is -1.34. The van der Waals surface area contributed by atoms with Crippen LogP contribution in [0.3, 0.4) is 0 Å². The first kappa shape index (κ1) is 16.0. The number of Topliss-reactive ketones (excluding diaryl/α,β-unsaturated/α-hetero) is 1. The fourth-order valence-electron chi connectivity index (χ4n) is 3.75. The van der Waals surface area contributed by atoms with E-state index in [1.807, 2.05) is 30.3 Å². The van der Waals surface area contributed by atoms with Crippen molar-refractivity contribution in [3.05, 3.63) is 35.9 Å². The highest BCUT2D eigenvalue weighted by Crippen LogP contribution is 2.47. The van der Waals surface area contributed by atoms with Gasteiger partial charge in [0.15, 0.2) is 12.0 Å².